The second kappa shape index (κ2) is 5.94. The monoisotopic (exact) mass is 315 g/mol. The summed E-state index contributed by atoms with van der Waals surface area (Å²) in [6, 6.07) is 2.89. The van der Waals surface area contributed by atoms with Gasteiger partial charge in [-0.15, -0.1) is 6.58 Å². The van der Waals surface area contributed by atoms with E-state index in [4.69, 9.17) is 0 Å². The molecule has 0 spiro atoms. The predicted octanol–water partition coefficient (Wildman–Crippen LogP) is 5.42. The van der Waals surface area contributed by atoms with Gasteiger partial charge >= 0.3 is 6.18 Å². The van der Waals surface area contributed by atoms with Crippen molar-refractivity contribution in [2.75, 3.05) is 11.4 Å². The normalized spacial score (nSPS) is 25.5. The van der Waals surface area contributed by atoms with Crippen molar-refractivity contribution in [3.05, 3.63) is 42.2 Å². The lowest BCUT2D eigenvalue weighted by atomic mass is 9.78. The van der Waals surface area contributed by atoms with Gasteiger partial charge in [-0.3, -0.25) is 0 Å². The molecule has 5 heteroatoms. The van der Waals surface area contributed by atoms with E-state index in [0.717, 1.165) is 25.3 Å². The molecular weight excluding hydrogens is 294 g/mol. The number of alkyl halides is 3. The fourth-order valence-electron chi connectivity index (χ4n) is 3.56. The number of benzene rings is 1. The first-order valence-electron chi connectivity index (χ1n) is 7.47. The summed E-state index contributed by atoms with van der Waals surface area (Å²) in [7, 11) is 0. The molecule has 1 saturated heterocycles. The second-order valence-corrected chi connectivity index (χ2v) is 6.18. The van der Waals surface area contributed by atoms with E-state index in [0.29, 0.717) is 12.6 Å². The summed E-state index contributed by atoms with van der Waals surface area (Å²) in [6.45, 7) is 8.57. The van der Waals surface area contributed by atoms with Crippen LogP contribution in [0.2, 0.25) is 0 Å². The number of nitrogens with zero attached hydrogens (tertiary/aromatic N) is 1. The predicted molar refractivity (Wildman–Crippen MR) is 80.4 cm³/mol. The van der Waals surface area contributed by atoms with Crippen LogP contribution in [0.1, 0.15) is 38.7 Å². The molecule has 122 valence electrons. The highest BCUT2D eigenvalue weighted by Crippen LogP contribution is 2.44. The summed E-state index contributed by atoms with van der Waals surface area (Å²) in [5, 5.41) is 0. The van der Waals surface area contributed by atoms with Crippen LogP contribution in [0.5, 0.6) is 0 Å². The van der Waals surface area contributed by atoms with Crippen molar-refractivity contribution in [2.45, 2.75) is 45.3 Å². The number of halogens is 4. The molecule has 0 aromatic heterocycles. The Morgan fingerprint density at radius 2 is 2.09 bits per heavy atom. The molecule has 1 unspecified atom stereocenters. The Morgan fingerprint density at radius 3 is 2.59 bits per heavy atom. The molecule has 1 fully saturated rings. The van der Waals surface area contributed by atoms with Crippen molar-refractivity contribution >= 4 is 5.69 Å². The first-order chi connectivity index (χ1) is 10.2. The maximum Gasteiger partial charge on any atom is 0.416 e. The van der Waals surface area contributed by atoms with Crippen LogP contribution in [-0.4, -0.2) is 12.6 Å². The molecule has 22 heavy (non-hydrogen) atoms. The SMILES string of the molecule is C=CCC1(C)CCN(c2ccc(C(F)(F)F)cc2F)[C@H]1CC. The zero-order valence-electron chi connectivity index (χ0n) is 12.9. The Labute approximate surface area is 128 Å². The fraction of sp³-hybridized carbons (Fsp3) is 0.529. The van der Waals surface area contributed by atoms with Gasteiger partial charge in [-0.25, -0.2) is 4.39 Å². The van der Waals surface area contributed by atoms with Crippen molar-refractivity contribution in [3.8, 4) is 0 Å². The van der Waals surface area contributed by atoms with Crippen LogP contribution in [0, 0.1) is 11.2 Å². The van der Waals surface area contributed by atoms with E-state index in [1.165, 1.54) is 6.07 Å². The van der Waals surface area contributed by atoms with E-state index in [1.54, 1.807) is 0 Å². The molecule has 0 saturated carbocycles. The third-order valence-corrected chi connectivity index (χ3v) is 4.69. The van der Waals surface area contributed by atoms with Gasteiger partial charge in [-0.1, -0.05) is 19.9 Å². The van der Waals surface area contributed by atoms with Crippen molar-refractivity contribution in [2.24, 2.45) is 5.41 Å². The van der Waals surface area contributed by atoms with Crippen molar-refractivity contribution in [3.63, 3.8) is 0 Å². The van der Waals surface area contributed by atoms with Gasteiger partial charge in [0.2, 0.25) is 0 Å². The lowest BCUT2D eigenvalue weighted by Crippen LogP contribution is -2.38. The molecule has 2 rings (SSSR count). The molecule has 0 N–H and O–H groups in total. The molecule has 1 nitrogen and oxygen atoms in total. The van der Waals surface area contributed by atoms with Crippen LogP contribution >= 0.6 is 0 Å². The van der Waals surface area contributed by atoms with Gasteiger partial charge in [0.25, 0.3) is 0 Å². The minimum atomic E-state index is -4.52. The topological polar surface area (TPSA) is 3.24 Å². The molecule has 1 aliphatic heterocycles. The molecule has 1 aromatic rings. The van der Waals surface area contributed by atoms with Crippen LogP contribution in [0.4, 0.5) is 23.2 Å². The molecule has 0 radical (unpaired) electrons. The van der Waals surface area contributed by atoms with Gasteiger partial charge in [-0.2, -0.15) is 13.2 Å². The number of allylic oxidation sites excluding steroid dienone is 1. The molecule has 0 bridgehead atoms. The minimum Gasteiger partial charge on any atom is -0.366 e. The van der Waals surface area contributed by atoms with Crippen LogP contribution in [0.3, 0.4) is 0 Å². The summed E-state index contributed by atoms with van der Waals surface area (Å²) in [6.07, 6.45) is -0.172. The summed E-state index contributed by atoms with van der Waals surface area (Å²) in [5.74, 6) is -0.809. The highest BCUT2D eigenvalue weighted by molar-refractivity contribution is 5.52. The lowest BCUT2D eigenvalue weighted by molar-refractivity contribution is -0.137. The van der Waals surface area contributed by atoms with Gasteiger partial charge in [0.15, 0.2) is 0 Å². The Bertz CT molecular complexity index is 552. The van der Waals surface area contributed by atoms with Gasteiger partial charge < -0.3 is 4.90 Å². The third kappa shape index (κ3) is 2.99. The molecule has 1 aromatic carbocycles. The van der Waals surface area contributed by atoms with E-state index in [9.17, 15) is 17.6 Å². The van der Waals surface area contributed by atoms with Gasteiger partial charge in [0.05, 0.1) is 11.3 Å². The van der Waals surface area contributed by atoms with Gasteiger partial charge in [-0.05, 0) is 42.9 Å². The summed E-state index contributed by atoms with van der Waals surface area (Å²) >= 11 is 0. The lowest BCUT2D eigenvalue weighted by Gasteiger charge is -2.35. The summed E-state index contributed by atoms with van der Waals surface area (Å²) in [5.41, 5.74) is -0.714. The average molecular weight is 315 g/mol. The third-order valence-electron chi connectivity index (χ3n) is 4.69. The van der Waals surface area contributed by atoms with E-state index in [2.05, 4.69) is 13.5 Å². The number of hydrogen-bond donors (Lipinski definition) is 0. The molecule has 2 atom stereocenters. The van der Waals surface area contributed by atoms with Crippen molar-refractivity contribution in [1.29, 1.82) is 0 Å². The van der Waals surface area contributed by atoms with E-state index in [-0.39, 0.29) is 17.1 Å². The van der Waals surface area contributed by atoms with E-state index in [1.807, 2.05) is 17.9 Å². The summed E-state index contributed by atoms with van der Waals surface area (Å²) < 4.78 is 52.2. The van der Waals surface area contributed by atoms with Crippen molar-refractivity contribution < 1.29 is 17.6 Å². The Balaban J connectivity index is 2.34. The number of anilines is 1. The maximum absolute atomic E-state index is 14.2. The quantitative estimate of drug-likeness (QED) is 0.530. The summed E-state index contributed by atoms with van der Waals surface area (Å²) in [4.78, 5) is 1.90. The first-order valence-corrected chi connectivity index (χ1v) is 7.47. The molecule has 0 amide bonds. The van der Waals surface area contributed by atoms with E-state index >= 15 is 0 Å². The highest BCUT2D eigenvalue weighted by atomic mass is 19.4. The molecule has 1 heterocycles. The molecular formula is C17H21F4N. The van der Waals surface area contributed by atoms with E-state index < -0.39 is 17.6 Å². The van der Waals surface area contributed by atoms with Crippen LogP contribution in [0.15, 0.2) is 30.9 Å². The highest BCUT2D eigenvalue weighted by Gasteiger charge is 2.43. The van der Waals surface area contributed by atoms with Crippen LogP contribution < -0.4 is 4.90 Å². The molecule has 0 aliphatic carbocycles. The molecule has 1 aliphatic rings. The first kappa shape index (κ1) is 16.8. The van der Waals surface area contributed by atoms with Crippen LogP contribution in [-0.2, 0) is 6.18 Å². The van der Waals surface area contributed by atoms with Gasteiger partial charge in [0, 0.05) is 12.6 Å². The van der Waals surface area contributed by atoms with Crippen molar-refractivity contribution in [1.82, 2.24) is 0 Å². The Morgan fingerprint density at radius 1 is 1.41 bits per heavy atom. The Kier molecular flexibility index (Phi) is 4.54. The zero-order valence-corrected chi connectivity index (χ0v) is 12.9. The largest absolute Gasteiger partial charge is 0.416 e. The number of hydrogen-bond acceptors (Lipinski definition) is 1. The number of rotatable bonds is 4. The minimum absolute atomic E-state index is 0.0222. The zero-order chi connectivity index (χ0) is 16.5. The maximum atomic E-state index is 14.2. The Hall–Kier alpha value is -1.52. The van der Waals surface area contributed by atoms with Crippen LogP contribution in [0.25, 0.3) is 0 Å². The van der Waals surface area contributed by atoms with Gasteiger partial charge in [0.1, 0.15) is 5.82 Å². The average Bonchev–Trinajstić information content (AvgIpc) is 2.74. The standard InChI is InChI=1S/C17H21F4N/c1-4-8-16(3)9-10-22(15(16)5-2)14-7-6-12(11-13(14)18)17(19,20)21/h4,6-7,11,15H,1,5,8-10H2,2-3H3/t15-,16?/m0/s1. The second-order valence-electron chi connectivity index (χ2n) is 6.18. The fourth-order valence-corrected chi connectivity index (χ4v) is 3.56. The smallest absolute Gasteiger partial charge is 0.366 e.